The molecule has 3 aromatic rings. The van der Waals surface area contributed by atoms with Crippen molar-refractivity contribution >= 4 is 40.8 Å². The summed E-state index contributed by atoms with van der Waals surface area (Å²) in [5.41, 5.74) is 5.86. The predicted octanol–water partition coefficient (Wildman–Crippen LogP) is 2.62. The molecule has 1 aromatic heterocycles. The summed E-state index contributed by atoms with van der Waals surface area (Å²) in [4.78, 5) is 34.6. The van der Waals surface area contributed by atoms with Gasteiger partial charge in [0.2, 0.25) is 0 Å². The lowest BCUT2D eigenvalue weighted by molar-refractivity contribution is -0.387. The van der Waals surface area contributed by atoms with Crippen LogP contribution in [0.15, 0.2) is 58.8 Å². The Kier molecular flexibility index (Phi) is 5.74. The lowest BCUT2D eigenvalue weighted by Gasteiger charge is -2.08. The van der Waals surface area contributed by atoms with Gasteiger partial charge < -0.3 is 20.9 Å². The zero-order chi connectivity index (χ0) is 21.0. The van der Waals surface area contributed by atoms with Gasteiger partial charge in [0.05, 0.1) is 9.82 Å². The molecule has 0 atom stereocenters. The Morgan fingerprint density at radius 3 is 2.34 bits per heavy atom. The normalized spacial score (nSPS) is 10.4. The third kappa shape index (κ3) is 4.87. The van der Waals surface area contributed by atoms with Crippen molar-refractivity contribution in [3.05, 3.63) is 64.5 Å². The van der Waals surface area contributed by atoms with Crippen LogP contribution in [0.5, 0.6) is 0 Å². The molecule has 11 nitrogen and oxygen atoms in total. The largest absolute Gasteiger partial charge is 0.351 e. The van der Waals surface area contributed by atoms with E-state index in [1.165, 1.54) is 24.5 Å². The van der Waals surface area contributed by atoms with Crippen LogP contribution in [-0.2, 0) is 7.05 Å². The second-order valence-electron chi connectivity index (χ2n) is 5.79. The number of primary amides is 1. The van der Waals surface area contributed by atoms with E-state index in [0.29, 0.717) is 21.4 Å². The van der Waals surface area contributed by atoms with Crippen molar-refractivity contribution in [1.82, 2.24) is 14.8 Å². The molecule has 2 aromatic carbocycles. The second-order valence-corrected chi connectivity index (χ2v) is 6.80. The van der Waals surface area contributed by atoms with E-state index >= 15 is 0 Å². The van der Waals surface area contributed by atoms with Crippen LogP contribution in [0, 0.1) is 10.1 Å². The summed E-state index contributed by atoms with van der Waals surface area (Å²) in [5, 5.41) is 24.6. The first-order chi connectivity index (χ1) is 13.8. The standard InChI is InChI=1S/C17H15N7O4S/c1-23-9-19-22-17(23)29-14-7-2-10(8-13(14)24(27)28)15(25)20-11-3-5-12(6-4-11)21-16(18)26/h2-9H,1H3,(H,20,25)(H3,18,21,26). The summed E-state index contributed by atoms with van der Waals surface area (Å²) in [5.74, 6) is -0.515. The number of amides is 3. The number of carbonyl (C=O) groups excluding carboxylic acids is 2. The first-order valence-corrected chi connectivity index (χ1v) is 8.93. The number of aromatic nitrogens is 3. The topological polar surface area (TPSA) is 158 Å². The highest BCUT2D eigenvalue weighted by Gasteiger charge is 2.20. The number of nitro benzene ring substituents is 1. The van der Waals surface area contributed by atoms with E-state index in [9.17, 15) is 19.7 Å². The smallest absolute Gasteiger partial charge is 0.316 e. The molecule has 0 unspecified atom stereocenters. The summed E-state index contributed by atoms with van der Waals surface area (Å²) < 4.78 is 1.63. The van der Waals surface area contributed by atoms with Crippen molar-refractivity contribution in [2.45, 2.75) is 10.1 Å². The van der Waals surface area contributed by atoms with E-state index in [2.05, 4.69) is 20.8 Å². The molecule has 148 valence electrons. The SMILES string of the molecule is Cn1cnnc1Sc1ccc(C(=O)Nc2ccc(NC(N)=O)cc2)cc1[N+](=O)[O-]. The molecule has 0 saturated carbocycles. The van der Waals surface area contributed by atoms with E-state index in [-0.39, 0.29) is 11.3 Å². The highest BCUT2D eigenvalue weighted by molar-refractivity contribution is 7.99. The number of carbonyl (C=O) groups is 2. The van der Waals surface area contributed by atoms with Crippen LogP contribution in [0.1, 0.15) is 10.4 Å². The van der Waals surface area contributed by atoms with Crippen LogP contribution >= 0.6 is 11.8 Å². The van der Waals surface area contributed by atoms with E-state index in [1.54, 1.807) is 35.9 Å². The molecule has 0 spiro atoms. The molecule has 4 N–H and O–H groups in total. The number of nitro groups is 1. The van der Waals surface area contributed by atoms with Crippen molar-refractivity contribution in [1.29, 1.82) is 0 Å². The summed E-state index contributed by atoms with van der Waals surface area (Å²) in [6.45, 7) is 0. The van der Waals surface area contributed by atoms with Crippen LogP contribution in [0.3, 0.4) is 0 Å². The van der Waals surface area contributed by atoms with E-state index in [1.807, 2.05) is 0 Å². The minimum absolute atomic E-state index is 0.123. The third-order valence-electron chi connectivity index (χ3n) is 3.70. The van der Waals surface area contributed by atoms with Crippen molar-refractivity contribution in [3.8, 4) is 0 Å². The van der Waals surface area contributed by atoms with Crippen LogP contribution in [0.25, 0.3) is 0 Å². The van der Waals surface area contributed by atoms with Crippen LogP contribution in [-0.4, -0.2) is 31.6 Å². The molecule has 3 rings (SSSR count). The van der Waals surface area contributed by atoms with Gasteiger partial charge in [0.15, 0.2) is 5.16 Å². The Morgan fingerprint density at radius 2 is 1.79 bits per heavy atom. The summed E-state index contributed by atoms with van der Waals surface area (Å²) in [6.07, 6.45) is 1.49. The van der Waals surface area contributed by atoms with Gasteiger partial charge in [-0.3, -0.25) is 14.9 Å². The van der Waals surface area contributed by atoms with Crippen LogP contribution in [0.4, 0.5) is 21.9 Å². The molecule has 0 aliphatic heterocycles. The lowest BCUT2D eigenvalue weighted by atomic mass is 10.2. The number of hydrogen-bond donors (Lipinski definition) is 3. The van der Waals surface area contributed by atoms with Crippen molar-refractivity contribution in [3.63, 3.8) is 0 Å². The number of nitrogens with one attached hydrogen (secondary N) is 2. The fourth-order valence-electron chi connectivity index (χ4n) is 2.33. The Morgan fingerprint density at radius 1 is 1.14 bits per heavy atom. The fourth-order valence-corrected chi connectivity index (χ4v) is 3.18. The first kappa shape index (κ1) is 19.8. The molecule has 0 fully saturated rings. The van der Waals surface area contributed by atoms with Gasteiger partial charge in [-0.15, -0.1) is 10.2 Å². The highest BCUT2D eigenvalue weighted by atomic mass is 32.2. The number of aryl methyl sites for hydroxylation is 1. The quantitative estimate of drug-likeness (QED) is 0.414. The molecule has 0 aliphatic carbocycles. The van der Waals surface area contributed by atoms with Gasteiger partial charge in [-0.1, -0.05) is 0 Å². The van der Waals surface area contributed by atoms with Gasteiger partial charge >= 0.3 is 6.03 Å². The minimum atomic E-state index is -0.701. The second kappa shape index (κ2) is 8.39. The Balaban J connectivity index is 1.78. The van der Waals surface area contributed by atoms with E-state index < -0.39 is 16.9 Å². The number of hydrogen-bond acceptors (Lipinski definition) is 7. The molecule has 0 bridgehead atoms. The minimum Gasteiger partial charge on any atom is -0.351 e. The Bertz CT molecular complexity index is 1080. The third-order valence-corrected chi connectivity index (χ3v) is 4.82. The van der Waals surface area contributed by atoms with Crippen molar-refractivity contribution in [2.75, 3.05) is 10.6 Å². The molecule has 3 amide bonds. The zero-order valence-corrected chi connectivity index (χ0v) is 15.8. The number of rotatable bonds is 6. The summed E-state index contributed by atoms with van der Waals surface area (Å²) in [7, 11) is 1.72. The highest BCUT2D eigenvalue weighted by Crippen LogP contribution is 2.34. The maximum Gasteiger partial charge on any atom is 0.316 e. The zero-order valence-electron chi connectivity index (χ0n) is 15.0. The monoisotopic (exact) mass is 413 g/mol. The summed E-state index contributed by atoms with van der Waals surface area (Å²) >= 11 is 1.08. The Hall–Kier alpha value is -3.93. The average molecular weight is 413 g/mol. The molecule has 0 aliphatic rings. The van der Waals surface area contributed by atoms with Crippen molar-refractivity contribution < 1.29 is 14.5 Å². The number of nitrogens with two attached hydrogens (primary N) is 1. The molecular formula is C17H15N7O4S. The average Bonchev–Trinajstić information content (AvgIpc) is 3.07. The summed E-state index contributed by atoms with van der Waals surface area (Å²) in [6, 6.07) is 9.74. The van der Waals surface area contributed by atoms with Gasteiger partial charge in [-0.2, -0.15) is 0 Å². The Labute approximate surface area is 168 Å². The van der Waals surface area contributed by atoms with Gasteiger partial charge in [-0.25, -0.2) is 4.79 Å². The first-order valence-electron chi connectivity index (χ1n) is 8.11. The maximum atomic E-state index is 12.5. The predicted molar refractivity (Wildman–Crippen MR) is 106 cm³/mol. The molecule has 0 radical (unpaired) electrons. The van der Waals surface area contributed by atoms with Crippen LogP contribution < -0.4 is 16.4 Å². The molecule has 0 saturated heterocycles. The number of nitrogens with zero attached hydrogens (tertiary/aromatic N) is 4. The van der Waals surface area contributed by atoms with Gasteiger partial charge in [0, 0.05) is 30.1 Å². The van der Waals surface area contributed by atoms with Crippen molar-refractivity contribution in [2.24, 2.45) is 12.8 Å². The van der Waals surface area contributed by atoms with E-state index in [0.717, 1.165) is 11.8 Å². The van der Waals surface area contributed by atoms with Gasteiger partial charge in [0.1, 0.15) is 6.33 Å². The number of anilines is 2. The molecule has 12 heteroatoms. The van der Waals surface area contributed by atoms with Gasteiger partial charge in [-0.05, 0) is 48.2 Å². The van der Waals surface area contributed by atoms with E-state index in [4.69, 9.17) is 5.73 Å². The van der Waals surface area contributed by atoms with Gasteiger partial charge in [0.25, 0.3) is 11.6 Å². The molecule has 29 heavy (non-hydrogen) atoms. The lowest BCUT2D eigenvalue weighted by Crippen LogP contribution is -2.19. The maximum absolute atomic E-state index is 12.5. The number of benzene rings is 2. The number of urea groups is 1. The fraction of sp³-hybridized carbons (Fsp3) is 0.0588. The van der Waals surface area contributed by atoms with Crippen LogP contribution in [0.2, 0.25) is 0 Å². The molecular weight excluding hydrogens is 398 g/mol. The molecule has 1 heterocycles.